The van der Waals surface area contributed by atoms with Gasteiger partial charge in [0, 0.05) is 5.56 Å². The minimum absolute atomic E-state index is 0.0188. The summed E-state index contributed by atoms with van der Waals surface area (Å²) in [5.74, 6) is 0. The third-order valence-corrected chi connectivity index (χ3v) is 6.28. The predicted molar refractivity (Wildman–Crippen MR) is 123 cm³/mol. The average Bonchev–Trinajstić information content (AvgIpc) is 3.16. The number of hydrogen-bond acceptors (Lipinski definition) is 1. The molecule has 1 unspecified atom stereocenters. The highest BCUT2D eigenvalue weighted by Crippen LogP contribution is 2.31. The van der Waals surface area contributed by atoms with Crippen LogP contribution in [0.2, 0.25) is 0 Å². The van der Waals surface area contributed by atoms with E-state index in [-0.39, 0.29) is 11.6 Å². The standard InChI is InChI=1S/C27H26N2O/c1-19(23-17-16-20-10-8-9-15-24(20)18-23)29-27(30)25(21-11-4-2-5-12-21)26(28-29)22-13-6-3-7-14-22/h2-7,11-14,16-19,28H,8-10,15H2,1H3. The molecule has 150 valence electrons. The lowest BCUT2D eigenvalue weighted by molar-refractivity contribution is 0.548. The lowest BCUT2D eigenvalue weighted by Gasteiger charge is -2.19. The van der Waals surface area contributed by atoms with Gasteiger partial charge in [-0.25, -0.2) is 4.68 Å². The van der Waals surface area contributed by atoms with Crippen LogP contribution in [0.15, 0.2) is 83.7 Å². The first kappa shape index (κ1) is 18.7. The first-order chi connectivity index (χ1) is 14.7. The topological polar surface area (TPSA) is 37.8 Å². The van der Waals surface area contributed by atoms with Crippen molar-refractivity contribution >= 4 is 0 Å². The Hall–Kier alpha value is -3.33. The normalized spacial score (nSPS) is 14.3. The monoisotopic (exact) mass is 394 g/mol. The van der Waals surface area contributed by atoms with Crippen LogP contribution < -0.4 is 5.56 Å². The number of hydrogen-bond donors (Lipinski definition) is 1. The third kappa shape index (κ3) is 3.30. The fourth-order valence-corrected chi connectivity index (χ4v) is 4.58. The molecule has 3 heteroatoms. The van der Waals surface area contributed by atoms with Gasteiger partial charge in [0.15, 0.2) is 0 Å². The number of aromatic amines is 1. The van der Waals surface area contributed by atoms with Crippen molar-refractivity contribution in [1.82, 2.24) is 9.78 Å². The van der Waals surface area contributed by atoms with E-state index in [9.17, 15) is 4.79 Å². The number of aromatic nitrogens is 2. The molecule has 4 aromatic rings. The fraction of sp³-hybridized carbons (Fsp3) is 0.222. The first-order valence-electron chi connectivity index (χ1n) is 10.8. The van der Waals surface area contributed by atoms with Crippen molar-refractivity contribution in [3.05, 3.63) is 106 Å². The van der Waals surface area contributed by atoms with Crippen LogP contribution in [0.25, 0.3) is 22.4 Å². The summed E-state index contributed by atoms with van der Waals surface area (Å²) in [4.78, 5) is 13.6. The Kier molecular flexibility index (Phi) is 4.88. The van der Waals surface area contributed by atoms with Gasteiger partial charge in [0.05, 0.1) is 17.3 Å². The third-order valence-electron chi connectivity index (χ3n) is 6.28. The average molecular weight is 395 g/mol. The molecule has 3 aromatic carbocycles. The Labute approximate surface area is 177 Å². The van der Waals surface area contributed by atoms with Gasteiger partial charge in [-0.05, 0) is 54.9 Å². The number of H-pyrrole nitrogens is 1. The summed E-state index contributed by atoms with van der Waals surface area (Å²) in [6, 6.07) is 26.7. The molecular formula is C27H26N2O. The quantitative estimate of drug-likeness (QED) is 0.453. The van der Waals surface area contributed by atoms with E-state index in [1.54, 1.807) is 4.68 Å². The summed E-state index contributed by atoms with van der Waals surface area (Å²) in [5.41, 5.74) is 7.66. The van der Waals surface area contributed by atoms with E-state index in [0.717, 1.165) is 28.8 Å². The number of rotatable bonds is 4. The number of nitrogens with one attached hydrogen (secondary N) is 1. The van der Waals surface area contributed by atoms with Crippen LogP contribution in [-0.2, 0) is 12.8 Å². The second-order valence-electron chi connectivity index (χ2n) is 8.18. The van der Waals surface area contributed by atoms with Crippen LogP contribution in [-0.4, -0.2) is 9.78 Å². The molecule has 1 heterocycles. The molecule has 0 saturated carbocycles. The van der Waals surface area contributed by atoms with Crippen LogP contribution >= 0.6 is 0 Å². The highest BCUT2D eigenvalue weighted by Gasteiger charge is 2.21. The van der Waals surface area contributed by atoms with Crippen molar-refractivity contribution in [2.45, 2.75) is 38.6 Å². The number of fused-ring (bicyclic) bond motifs is 1. The molecule has 1 atom stereocenters. The zero-order chi connectivity index (χ0) is 20.5. The van der Waals surface area contributed by atoms with Gasteiger partial charge in [0.2, 0.25) is 0 Å². The summed E-state index contributed by atoms with van der Waals surface area (Å²) in [7, 11) is 0. The molecule has 0 saturated heterocycles. The maximum atomic E-state index is 13.6. The molecule has 1 aliphatic carbocycles. The molecule has 5 rings (SSSR count). The Morgan fingerprint density at radius 2 is 1.43 bits per heavy atom. The van der Waals surface area contributed by atoms with Gasteiger partial charge in [-0.15, -0.1) is 0 Å². The smallest absolute Gasteiger partial charge is 0.275 e. The molecule has 3 nitrogen and oxygen atoms in total. The SMILES string of the molecule is CC(c1ccc2c(c1)CCCC2)n1[nH]c(-c2ccccc2)c(-c2ccccc2)c1=O. The molecule has 1 aromatic heterocycles. The highest BCUT2D eigenvalue weighted by molar-refractivity contribution is 5.80. The van der Waals surface area contributed by atoms with Crippen LogP contribution in [0.4, 0.5) is 0 Å². The molecule has 30 heavy (non-hydrogen) atoms. The van der Waals surface area contributed by atoms with E-state index in [1.165, 1.54) is 36.0 Å². The van der Waals surface area contributed by atoms with Crippen LogP contribution in [0.1, 0.15) is 42.5 Å². The molecule has 0 bridgehead atoms. The Morgan fingerprint density at radius 3 is 2.13 bits per heavy atom. The van der Waals surface area contributed by atoms with E-state index in [2.05, 4.69) is 30.2 Å². The molecule has 1 aliphatic rings. The van der Waals surface area contributed by atoms with Crippen molar-refractivity contribution in [2.24, 2.45) is 0 Å². The summed E-state index contributed by atoms with van der Waals surface area (Å²) in [6.45, 7) is 2.10. The van der Waals surface area contributed by atoms with Crippen LogP contribution in [0.3, 0.4) is 0 Å². The summed E-state index contributed by atoms with van der Waals surface area (Å²) >= 11 is 0. The summed E-state index contributed by atoms with van der Waals surface area (Å²) in [6.07, 6.45) is 4.84. The van der Waals surface area contributed by atoms with Crippen LogP contribution in [0.5, 0.6) is 0 Å². The second-order valence-corrected chi connectivity index (χ2v) is 8.18. The van der Waals surface area contributed by atoms with Gasteiger partial charge >= 0.3 is 0 Å². The van der Waals surface area contributed by atoms with Crippen molar-refractivity contribution in [1.29, 1.82) is 0 Å². The maximum absolute atomic E-state index is 13.6. The molecule has 0 aliphatic heterocycles. The summed E-state index contributed by atoms with van der Waals surface area (Å²) < 4.78 is 1.79. The van der Waals surface area contributed by atoms with Crippen molar-refractivity contribution in [3.8, 4) is 22.4 Å². The Morgan fingerprint density at radius 1 is 0.800 bits per heavy atom. The van der Waals surface area contributed by atoms with E-state index in [0.29, 0.717) is 0 Å². The lowest BCUT2D eigenvalue weighted by Crippen LogP contribution is -2.22. The van der Waals surface area contributed by atoms with Gasteiger partial charge in [-0.2, -0.15) is 0 Å². The number of benzene rings is 3. The predicted octanol–water partition coefficient (Wildman–Crippen LogP) is 6.00. The van der Waals surface area contributed by atoms with Gasteiger partial charge < -0.3 is 0 Å². The van der Waals surface area contributed by atoms with Gasteiger partial charge in [-0.1, -0.05) is 78.9 Å². The van der Waals surface area contributed by atoms with E-state index in [4.69, 9.17) is 0 Å². The molecule has 0 fully saturated rings. The maximum Gasteiger partial charge on any atom is 0.275 e. The van der Waals surface area contributed by atoms with Crippen molar-refractivity contribution in [3.63, 3.8) is 0 Å². The molecular weight excluding hydrogens is 368 g/mol. The first-order valence-corrected chi connectivity index (χ1v) is 10.8. The Bertz CT molecular complexity index is 1220. The van der Waals surface area contributed by atoms with Crippen molar-refractivity contribution < 1.29 is 0 Å². The van der Waals surface area contributed by atoms with Crippen LogP contribution in [0, 0.1) is 0 Å². The molecule has 1 N–H and O–H groups in total. The minimum Gasteiger partial charge on any atom is -0.294 e. The van der Waals surface area contributed by atoms with Gasteiger partial charge in [0.25, 0.3) is 5.56 Å². The molecule has 0 amide bonds. The zero-order valence-corrected chi connectivity index (χ0v) is 17.3. The largest absolute Gasteiger partial charge is 0.294 e. The van der Waals surface area contributed by atoms with E-state index < -0.39 is 0 Å². The molecule has 0 spiro atoms. The fourth-order valence-electron chi connectivity index (χ4n) is 4.58. The van der Waals surface area contributed by atoms with E-state index >= 15 is 0 Å². The van der Waals surface area contributed by atoms with Gasteiger partial charge in [-0.3, -0.25) is 9.89 Å². The Balaban J connectivity index is 1.64. The number of nitrogens with zero attached hydrogens (tertiary/aromatic N) is 1. The van der Waals surface area contributed by atoms with Crippen molar-refractivity contribution in [2.75, 3.05) is 0 Å². The second kappa shape index (κ2) is 7.83. The minimum atomic E-state index is -0.0651. The van der Waals surface area contributed by atoms with E-state index in [1.807, 2.05) is 60.7 Å². The molecule has 0 radical (unpaired) electrons. The lowest BCUT2D eigenvalue weighted by atomic mass is 9.89. The number of aryl methyl sites for hydroxylation is 2. The zero-order valence-electron chi connectivity index (χ0n) is 17.3. The highest BCUT2D eigenvalue weighted by atomic mass is 16.1. The summed E-state index contributed by atoms with van der Waals surface area (Å²) in [5, 5.41) is 3.45. The van der Waals surface area contributed by atoms with Gasteiger partial charge in [0.1, 0.15) is 0 Å².